The molecule has 0 spiro atoms. The van der Waals surface area contributed by atoms with Gasteiger partial charge in [-0.1, -0.05) is 164 Å². The van der Waals surface area contributed by atoms with Gasteiger partial charge in [0.05, 0.1) is 67.5 Å². The molecule has 0 atom stereocenters. The van der Waals surface area contributed by atoms with Gasteiger partial charge in [-0.15, -0.1) is 0 Å². The number of aldehydes is 3. The maximum atomic E-state index is 11.6. The van der Waals surface area contributed by atoms with Crippen molar-refractivity contribution in [3.63, 3.8) is 0 Å². The van der Waals surface area contributed by atoms with Gasteiger partial charge in [0.1, 0.15) is 23.5 Å². The van der Waals surface area contributed by atoms with Gasteiger partial charge < -0.3 is 67.5 Å². The number of aliphatic hydroxyl groups excluding tert-OH is 1. The van der Waals surface area contributed by atoms with Gasteiger partial charge in [0, 0.05) is 22.1 Å². The molecule has 2 aliphatic rings. The van der Waals surface area contributed by atoms with E-state index in [1.165, 1.54) is 18.2 Å². The Morgan fingerprint density at radius 3 is 1.32 bits per heavy atom. The molecule has 1 saturated heterocycles. The molecule has 0 aromatic heterocycles. The fourth-order valence-electron chi connectivity index (χ4n) is 8.10. The van der Waals surface area contributed by atoms with E-state index in [9.17, 15) is 19.4 Å². The minimum Gasteiger partial charge on any atom is -0.504 e. The summed E-state index contributed by atoms with van der Waals surface area (Å²) in [5.41, 5.74) is 6.76. The van der Waals surface area contributed by atoms with Crippen LogP contribution in [0.5, 0.6) is 28.7 Å². The van der Waals surface area contributed by atoms with Crippen LogP contribution in [0.2, 0.25) is 0 Å². The highest BCUT2D eigenvalue weighted by Gasteiger charge is 2.53. The molecule has 2 aliphatic heterocycles. The molecule has 0 aliphatic carbocycles. The molecule has 2 heterocycles. The van der Waals surface area contributed by atoms with E-state index in [0.29, 0.717) is 89.7 Å². The second kappa shape index (κ2) is 36.2. The summed E-state index contributed by atoms with van der Waals surface area (Å²) in [6, 6.07) is 59.9. The standard InChI is InChI=1S/C21H25BO5.C15H15BO4.C15H13BrO3.C9H12O2.C7H6O3/c1-20(2)21(3,4)27-22(26-20)19-17(13-23)11-8-12-18(19)25-15-24-14-16-9-6-5-7-10-16;17-16-15-13(10-20-16)7-4-8-14(15)19-11-18-9-12-5-2-1-3-6-12;16-15-13(9-17)7-4-8-14(15)19-11-18-10-12-5-2-1-3-6-12;10-6-7-11-8-9-4-2-1-3-5-9;8-4-5-2-1-3-6(9)7(5)10/h5-13H,14-15H2,1-4H3;1-8,17H,9-11H2;1-9H,10-11H2;1-5,10H,6-8H2;1-4,9-10H. The van der Waals surface area contributed by atoms with E-state index in [-0.39, 0.29) is 44.0 Å². The zero-order valence-corrected chi connectivity index (χ0v) is 50.5. The monoisotopic (exact) mass is 1250 g/mol. The molecule has 0 amide bonds. The van der Waals surface area contributed by atoms with Crippen molar-refractivity contribution < 1.29 is 81.8 Å². The van der Waals surface area contributed by atoms with Gasteiger partial charge in [-0.25, -0.2) is 0 Å². The Morgan fingerprint density at radius 1 is 0.483 bits per heavy atom. The Bertz CT molecular complexity index is 3310. The van der Waals surface area contributed by atoms with E-state index >= 15 is 0 Å². The highest BCUT2D eigenvalue weighted by atomic mass is 79.9. The molecule has 17 nitrogen and oxygen atoms in total. The summed E-state index contributed by atoms with van der Waals surface area (Å²) in [4.78, 5) is 32.5. The van der Waals surface area contributed by atoms with Gasteiger partial charge in [-0.05, 0) is 102 Å². The third-order valence-electron chi connectivity index (χ3n) is 13.4. The number of aliphatic hydroxyl groups is 1. The number of carbonyl (C=O) groups is 3. The summed E-state index contributed by atoms with van der Waals surface area (Å²) >= 11 is 3.33. The first-order chi connectivity index (χ1) is 42.2. The Kier molecular flexibility index (Phi) is 28.4. The van der Waals surface area contributed by atoms with Gasteiger partial charge in [0.15, 0.2) is 44.5 Å². The zero-order chi connectivity index (χ0) is 62.3. The molecule has 454 valence electrons. The maximum absolute atomic E-state index is 11.6. The zero-order valence-electron chi connectivity index (χ0n) is 48.9. The van der Waals surface area contributed by atoms with Crippen LogP contribution in [0.25, 0.3) is 0 Å². The number of halogens is 1. The number of aromatic hydroxyl groups is 2. The number of para-hydroxylation sites is 1. The summed E-state index contributed by atoms with van der Waals surface area (Å²) in [5, 5.41) is 35.9. The molecule has 8 aromatic carbocycles. The van der Waals surface area contributed by atoms with Crippen molar-refractivity contribution >= 4 is 60.0 Å². The van der Waals surface area contributed by atoms with Crippen LogP contribution in [0.1, 0.15) is 86.6 Å². The third kappa shape index (κ3) is 21.7. The van der Waals surface area contributed by atoms with E-state index in [1.807, 2.05) is 167 Å². The lowest BCUT2D eigenvalue weighted by Gasteiger charge is -2.32. The molecule has 1 fully saturated rings. The van der Waals surface area contributed by atoms with Gasteiger partial charge >= 0.3 is 14.2 Å². The van der Waals surface area contributed by atoms with E-state index in [4.69, 9.17) is 62.4 Å². The number of carbonyl (C=O) groups excluding carboxylic acids is 3. The normalized spacial score (nSPS) is 13.1. The molecule has 87 heavy (non-hydrogen) atoms. The van der Waals surface area contributed by atoms with Gasteiger partial charge in [-0.2, -0.15) is 0 Å². The molecule has 4 N–H and O–H groups in total. The predicted molar refractivity (Wildman–Crippen MR) is 334 cm³/mol. The number of benzene rings is 8. The Labute approximate surface area is 516 Å². The first kappa shape index (κ1) is 68.1. The number of rotatable bonds is 23. The fraction of sp³-hybridized carbons (Fsp3) is 0.239. The highest BCUT2D eigenvalue weighted by molar-refractivity contribution is 9.10. The van der Waals surface area contributed by atoms with E-state index in [1.54, 1.807) is 36.4 Å². The Hall–Kier alpha value is -7.98. The first-order valence-electron chi connectivity index (χ1n) is 27.7. The number of hydrogen-bond acceptors (Lipinski definition) is 17. The maximum Gasteiger partial charge on any atom is 0.499 e. The SMILES string of the molecule is CC1(C)OB(c2c(C=O)cccc2OCOCc2ccccc2)OC1(C)C.O=Cc1cccc(O)c1O.O=Cc1cccc(OCOCc2ccccc2)c1Br.OB1OCc2cccc(OCOCc3ccccc3)c21.OCCOCc1ccccc1. The van der Waals surface area contributed by atoms with Crippen molar-refractivity contribution in [1.29, 1.82) is 0 Å². The molecule has 0 unspecified atom stereocenters. The summed E-state index contributed by atoms with van der Waals surface area (Å²) < 4.78 is 56.5. The number of hydrogen-bond donors (Lipinski definition) is 4. The van der Waals surface area contributed by atoms with E-state index in [2.05, 4.69) is 15.9 Å². The Morgan fingerprint density at radius 2 is 0.874 bits per heavy atom. The van der Waals surface area contributed by atoms with Crippen LogP contribution < -0.4 is 25.1 Å². The van der Waals surface area contributed by atoms with Gasteiger partial charge in [0.25, 0.3) is 0 Å². The van der Waals surface area contributed by atoms with Crippen molar-refractivity contribution in [2.24, 2.45) is 0 Å². The van der Waals surface area contributed by atoms with Crippen molar-refractivity contribution in [1.82, 2.24) is 0 Å². The lowest BCUT2D eigenvalue weighted by molar-refractivity contribution is 0.00455. The summed E-state index contributed by atoms with van der Waals surface area (Å²) in [6.07, 6.45) is 2.05. The number of phenols is 2. The first-order valence-corrected chi connectivity index (χ1v) is 28.5. The second-order valence-corrected chi connectivity index (χ2v) is 20.9. The molecule has 0 radical (unpaired) electrons. The van der Waals surface area contributed by atoms with Crippen LogP contribution in [-0.2, 0) is 65.9 Å². The average Bonchev–Trinajstić information content (AvgIpc) is 1.83. The summed E-state index contributed by atoms with van der Waals surface area (Å²) in [6.45, 7) is 11.2. The van der Waals surface area contributed by atoms with Crippen molar-refractivity contribution in [3.05, 3.63) is 243 Å². The van der Waals surface area contributed by atoms with Gasteiger partial charge in [-0.3, -0.25) is 14.4 Å². The smallest absolute Gasteiger partial charge is 0.499 e. The summed E-state index contributed by atoms with van der Waals surface area (Å²) in [7, 11) is -1.59. The van der Waals surface area contributed by atoms with Crippen LogP contribution in [0, 0.1) is 0 Å². The third-order valence-corrected chi connectivity index (χ3v) is 14.2. The van der Waals surface area contributed by atoms with E-state index < -0.39 is 25.4 Å². The quantitative estimate of drug-likeness (QED) is 0.0154. The second-order valence-electron chi connectivity index (χ2n) is 20.1. The molecule has 20 heteroatoms. The molecule has 8 aromatic rings. The number of phenolic OH excluding ortho intramolecular Hbond substituents is 2. The largest absolute Gasteiger partial charge is 0.504 e. The fourth-order valence-corrected chi connectivity index (χ4v) is 8.57. The van der Waals surface area contributed by atoms with Crippen molar-refractivity contribution in [2.75, 3.05) is 33.6 Å². The molecule has 0 saturated carbocycles. The molecular formula is C67H71B2BrO17. The number of ether oxygens (including phenoxy) is 7. The lowest BCUT2D eigenvalue weighted by Crippen LogP contribution is -2.41. The van der Waals surface area contributed by atoms with Crippen molar-refractivity contribution in [2.45, 2.75) is 71.9 Å². The minimum absolute atomic E-state index is 0.0592. The van der Waals surface area contributed by atoms with Crippen molar-refractivity contribution in [3.8, 4) is 28.7 Å². The van der Waals surface area contributed by atoms with Crippen LogP contribution in [0.4, 0.5) is 0 Å². The lowest BCUT2D eigenvalue weighted by atomic mass is 9.75. The average molecular weight is 1250 g/mol. The predicted octanol–water partition coefficient (Wildman–Crippen LogP) is 10.7. The molecular weight excluding hydrogens is 1180 g/mol. The topological polar surface area (TPSA) is 224 Å². The van der Waals surface area contributed by atoms with Crippen LogP contribution >= 0.6 is 15.9 Å². The highest BCUT2D eigenvalue weighted by Crippen LogP contribution is 2.38. The van der Waals surface area contributed by atoms with E-state index in [0.717, 1.165) is 40.4 Å². The minimum atomic E-state index is -0.907. The number of fused-ring (bicyclic) bond motifs is 1. The molecule has 10 rings (SSSR count). The van der Waals surface area contributed by atoms with Crippen LogP contribution in [0.15, 0.2) is 199 Å². The Balaban J connectivity index is 0.000000181. The molecule has 0 bridgehead atoms. The van der Waals surface area contributed by atoms with Crippen LogP contribution in [0.3, 0.4) is 0 Å². The van der Waals surface area contributed by atoms with Crippen LogP contribution in [-0.4, -0.2) is 98.2 Å². The van der Waals surface area contributed by atoms with Gasteiger partial charge in [0.2, 0.25) is 0 Å². The summed E-state index contributed by atoms with van der Waals surface area (Å²) in [5.74, 6) is 1.09.